The van der Waals surface area contributed by atoms with Crippen LogP contribution in [0.15, 0.2) is 0 Å². The van der Waals surface area contributed by atoms with Gasteiger partial charge >= 0.3 is 0 Å². The lowest BCUT2D eigenvalue weighted by Crippen LogP contribution is -2.71. The summed E-state index contributed by atoms with van der Waals surface area (Å²) in [5.41, 5.74) is 0.822. The van der Waals surface area contributed by atoms with E-state index in [4.69, 9.17) is 0 Å². The molecule has 0 unspecified atom stereocenters. The van der Waals surface area contributed by atoms with Crippen LogP contribution in [0.1, 0.15) is 67.2 Å². The van der Waals surface area contributed by atoms with Gasteiger partial charge in [0.15, 0.2) is 0 Å². The van der Waals surface area contributed by atoms with Crippen LogP contribution >= 0.6 is 0 Å². The minimum absolute atomic E-state index is 0.411. The van der Waals surface area contributed by atoms with Crippen molar-refractivity contribution in [1.82, 2.24) is 0 Å². The summed E-state index contributed by atoms with van der Waals surface area (Å²) in [6, 6.07) is 0.702. The number of hydrogen-bond acceptors (Lipinski definition) is 0. The predicted molar refractivity (Wildman–Crippen MR) is 67.9 cm³/mol. The Labute approximate surface area is 96.4 Å². The van der Waals surface area contributed by atoms with Crippen molar-refractivity contribution in [3.05, 3.63) is 0 Å². The van der Waals surface area contributed by atoms with Crippen LogP contribution in [0.2, 0.25) is 0 Å². The third-order valence-electron chi connectivity index (χ3n) is 5.37. The third-order valence-corrected chi connectivity index (χ3v) is 5.37. The van der Waals surface area contributed by atoms with Gasteiger partial charge in [0.05, 0.1) is 24.2 Å². The Morgan fingerprint density at radius 3 is 1.47 bits per heavy atom. The molecule has 0 aliphatic carbocycles. The Balaban J connectivity index is 3.20. The van der Waals surface area contributed by atoms with E-state index >= 15 is 0 Å². The molecule has 1 rings (SSSR count). The SMILES string of the molecule is CC(C)[N+]1(C)C(C)(C)CCCCC1(C)C. The first-order chi connectivity index (χ1) is 6.65. The van der Waals surface area contributed by atoms with E-state index in [9.17, 15) is 0 Å². The molecule has 1 aliphatic heterocycles. The first-order valence-electron chi connectivity index (χ1n) is 6.51. The topological polar surface area (TPSA) is 0 Å². The average Bonchev–Trinajstić information content (AvgIpc) is 2.16. The molecule has 0 aromatic carbocycles. The molecule has 0 spiro atoms. The smallest absolute Gasteiger partial charge is 0.0939 e. The maximum Gasteiger partial charge on any atom is 0.0939 e. The molecule has 0 N–H and O–H groups in total. The van der Waals surface area contributed by atoms with Crippen LogP contribution in [0.25, 0.3) is 0 Å². The zero-order valence-corrected chi connectivity index (χ0v) is 11.9. The van der Waals surface area contributed by atoms with Gasteiger partial charge in [-0.25, -0.2) is 0 Å². The van der Waals surface area contributed by atoms with Crippen molar-refractivity contribution in [3.8, 4) is 0 Å². The molecular weight excluding hydrogens is 182 g/mol. The average molecular weight is 212 g/mol. The molecule has 1 nitrogen and oxygen atoms in total. The van der Waals surface area contributed by atoms with Crippen molar-refractivity contribution >= 4 is 0 Å². The Bertz CT molecular complexity index is 207. The largest absolute Gasteiger partial charge is 0.315 e. The van der Waals surface area contributed by atoms with Crippen LogP contribution in [0.3, 0.4) is 0 Å². The number of likely N-dealkylation sites (tertiary alicyclic amines) is 1. The van der Waals surface area contributed by atoms with Gasteiger partial charge in [-0.3, -0.25) is 0 Å². The molecule has 1 saturated heterocycles. The van der Waals surface area contributed by atoms with Gasteiger partial charge in [-0.15, -0.1) is 0 Å². The first-order valence-corrected chi connectivity index (χ1v) is 6.51. The van der Waals surface area contributed by atoms with Crippen molar-refractivity contribution in [3.63, 3.8) is 0 Å². The van der Waals surface area contributed by atoms with E-state index in [-0.39, 0.29) is 0 Å². The second-order valence-corrected chi connectivity index (χ2v) is 7.00. The zero-order chi connectivity index (χ0) is 11.9. The number of nitrogens with zero attached hydrogens (tertiary/aromatic N) is 1. The van der Waals surface area contributed by atoms with Crippen molar-refractivity contribution in [2.45, 2.75) is 84.3 Å². The summed E-state index contributed by atoms with van der Waals surface area (Å²) >= 11 is 0. The maximum absolute atomic E-state index is 2.47. The van der Waals surface area contributed by atoms with Gasteiger partial charge in [-0.05, 0) is 54.4 Å². The van der Waals surface area contributed by atoms with E-state index in [0.717, 1.165) is 0 Å². The number of rotatable bonds is 1. The van der Waals surface area contributed by atoms with Crippen molar-refractivity contribution < 1.29 is 4.48 Å². The molecule has 0 radical (unpaired) electrons. The molecule has 0 bridgehead atoms. The molecule has 0 aromatic rings. The monoisotopic (exact) mass is 212 g/mol. The van der Waals surface area contributed by atoms with E-state index < -0.39 is 0 Å². The molecule has 0 atom stereocenters. The van der Waals surface area contributed by atoms with Crippen molar-refractivity contribution in [2.75, 3.05) is 7.05 Å². The zero-order valence-electron chi connectivity index (χ0n) is 11.9. The van der Waals surface area contributed by atoms with Gasteiger partial charge in [0.2, 0.25) is 0 Å². The lowest BCUT2D eigenvalue weighted by Gasteiger charge is -2.58. The Hall–Kier alpha value is -0.0400. The molecule has 0 amide bonds. The normalized spacial score (nSPS) is 28.8. The maximum atomic E-state index is 2.47. The third kappa shape index (κ3) is 1.84. The highest BCUT2D eigenvalue weighted by molar-refractivity contribution is 4.84. The van der Waals surface area contributed by atoms with Crippen molar-refractivity contribution in [2.24, 2.45) is 0 Å². The molecular formula is C14H30N+. The summed E-state index contributed by atoms with van der Waals surface area (Å²) in [5.74, 6) is 0. The highest BCUT2D eigenvalue weighted by Gasteiger charge is 2.53. The van der Waals surface area contributed by atoms with Gasteiger partial charge in [0.25, 0.3) is 0 Å². The Kier molecular flexibility index (Phi) is 3.27. The Morgan fingerprint density at radius 2 is 1.20 bits per heavy atom. The lowest BCUT2D eigenvalue weighted by molar-refractivity contribution is -1.01. The fraction of sp³-hybridized carbons (Fsp3) is 1.00. The van der Waals surface area contributed by atoms with Gasteiger partial charge < -0.3 is 4.48 Å². The lowest BCUT2D eigenvalue weighted by atomic mass is 9.85. The molecule has 1 aliphatic rings. The van der Waals surface area contributed by atoms with Crippen LogP contribution < -0.4 is 0 Å². The summed E-state index contributed by atoms with van der Waals surface area (Å²) in [5, 5.41) is 0. The molecule has 90 valence electrons. The summed E-state index contributed by atoms with van der Waals surface area (Å²) < 4.78 is 1.21. The molecule has 15 heavy (non-hydrogen) atoms. The highest BCUT2D eigenvalue weighted by Crippen LogP contribution is 2.44. The summed E-state index contributed by atoms with van der Waals surface area (Å²) in [4.78, 5) is 0. The molecule has 1 heteroatoms. The van der Waals surface area contributed by atoms with Gasteiger partial charge in [-0.1, -0.05) is 0 Å². The van der Waals surface area contributed by atoms with E-state index in [2.05, 4.69) is 48.6 Å². The molecule has 1 fully saturated rings. The highest BCUT2D eigenvalue weighted by atomic mass is 15.4. The fourth-order valence-corrected chi connectivity index (χ4v) is 3.80. The van der Waals surface area contributed by atoms with Gasteiger partial charge in [-0.2, -0.15) is 0 Å². The summed E-state index contributed by atoms with van der Waals surface area (Å²) in [6.07, 6.45) is 5.53. The second-order valence-electron chi connectivity index (χ2n) is 7.00. The van der Waals surface area contributed by atoms with Crippen LogP contribution in [0.5, 0.6) is 0 Å². The predicted octanol–water partition coefficient (Wildman–Crippen LogP) is 3.97. The van der Waals surface area contributed by atoms with E-state index in [0.29, 0.717) is 17.1 Å². The fourth-order valence-electron chi connectivity index (χ4n) is 3.80. The van der Waals surface area contributed by atoms with Gasteiger partial charge in [0, 0.05) is 12.8 Å². The molecule has 0 saturated carbocycles. The van der Waals surface area contributed by atoms with E-state index in [1.54, 1.807) is 0 Å². The number of quaternary nitrogens is 1. The minimum Gasteiger partial charge on any atom is -0.315 e. The summed E-state index contributed by atoms with van der Waals surface area (Å²) in [7, 11) is 2.47. The number of hydrogen-bond donors (Lipinski definition) is 0. The van der Waals surface area contributed by atoms with E-state index in [1.807, 2.05) is 0 Å². The van der Waals surface area contributed by atoms with Crippen LogP contribution in [0, 0.1) is 0 Å². The second kappa shape index (κ2) is 3.76. The Morgan fingerprint density at radius 1 is 0.867 bits per heavy atom. The molecule has 0 aromatic heterocycles. The first kappa shape index (κ1) is 13.0. The summed E-state index contributed by atoms with van der Waals surface area (Å²) in [6.45, 7) is 14.6. The van der Waals surface area contributed by atoms with Crippen LogP contribution in [-0.2, 0) is 0 Å². The van der Waals surface area contributed by atoms with E-state index in [1.165, 1.54) is 30.2 Å². The quantitative estimate of drug-likeness (QED) is 0.577. The van der Waals surface area contributed by atoms with Crippen LogP contribution in [-0.4, -0.2) is 28.7 Å². The van der Waals surface area contributed by atoms with Gasteiger partial charge in [0.1, 0.15) is 0 Å². The molecule has 1 heterocycles. The minimum atomic E-state index is 0.411. The van der Waals surface area contributed by atoms with Crippen LogP contribution in [0.4, 0.5) is 0 Å². The van der Waals surface area contributed by atoms with Crippen molar-refractivity contribution in [1.29, 1.82) is 0 Å². The standard InChI is InChI=1S/C14H30N/c1-12(2)15(7)13(3,4)10-8-9-11-14(15,5)6/h12H,8-11H2,1-7H3/q+1.